The van der Waals surface area contributed by atoms with Crippen LogP contribution in [0.15, 0.2) is 86.1 Å². The Hall–Kier alpha value is -4.74. The zero-order valence-electron chi connectivity index (χ0n) is 24.0. The number of esters is 1. The minimum absolute atomic E-state index is 0.0489. The molecule has 0 saturated heterocycles. The van der Waals surface area contributed by atoms with Gasteiger partial charge in [-0.2, -0.15) is 0 Å². The summed E-state index contributed by atoms with van der Waals surface area (Å²) in [5, 5.41) is 9.16. The Balaban J connectivity index is 1.60. The van der Waals surface area contributed by atoms with Crippen molar-refractivity contribution in [2.24, 2.45) is 4.99 Å². The third-order valence-electron chi connectivity index (χ3n) is 6.65. The normalized spacial score (nSPS) is 14.9. The second kappa shape index (κ2) is 12.6. The molecule has 5 rings (SSSR count). The molecule has 0 bridgehead atoms. The molecule has 2 aromatic heterocycles. The highest BCUT2D eigenvalue weighted by Crippen LogP contribution is 2.36. The van der Waals surface area contributed by atoms with Gasteiger partial charge in [-0.15, -0.1) is 0 Å². The number of nitrogens with zero attached hydrogens (tertiary/aromatic N) is 2. The maximum absolute atomic E-state index is 14.0. The lowest BCUT2D eigenvalue weighted by Crippen LogP contribution is -2.40. The number of carboxylic acids is 1. The van der Waals surface area contributed by atoms with Gasteiger partial charge in [-0.05, 0) is 51.1 Å². The summed E-state index contributed by atoms with van der Waals surface area (Å²) in [5.74, 6) is -0.122. The van der Waals surface area contributed by atoms with Crippen molar-refractivity contribution in [1.29, 1.82) is 0 Å². The molecule has 0 radical (unpaired) electrons. The lowest BCUT2D eigenvalue weighted by molar-refractivity contribution is -0.140. The fourth-order valence-electron chi connectivity index (χ4n) is 4.73. The Morgan fingerprint density at radius 1 is 1.09 bits per heavy atom. The number of thiazole rings is 1. The molecule has 0 spiro atoms. The molecule has 222 valence electrons. The number of carbonyl (C=O) groups is 2. The standard InChI is InChI=1S/C32H30N2O8S/c1-18(2)41-25-8-6-5-7-23(25)28-27(31(38)40-16-15-39-4)19(3)33-32-34(28)29(35)26(43-32)17-22-13-14-24(42-22)20-9-11-21(12-10-20)30(36)37/h5-14,17-18,28H,15-16H2,1-4H3,(H,36,37)/b26-17+/t28-/m0/s1. The molecule has 0 saturated carbocycles. The van der Waals surface area contributed by atoms with Gasteiger partial charge < -0.3 is 23.7 Å². The Morgan fingerprint density at radius 3 is 2.53 bits per heavy atom. The topological polar surface area (TPSA) is 130 Å². The van der Waals surface area contributed by atoms with Crippen LogP contribution < -0.4 is 19.6 Å². The first-order valence-electron chi connectivity index (χ1n) is 13.6. The predicted molar refractivity (Wildman–Crippen MR) is 160 cm³/mol. The molecule has 2 aromatic carbocycles. The van der Waals surface area contributed by atoms with E-state index in [0.717, 1.165) is 0 Å². The minimum Gasteiger partial charge on any atom is -0.491 e. The number of furan rings is 1. The van der Waals surface area contributed by atoms with E-state index in [2.05, 4.69) is 4.99 Å². The van der Waals surface area contributed by atoms with E-state index in [-0.39, 0.29) is 36.0 Å². The number of benzene rings is 2. The highest BCUT2D eigenvalue weighted by Gasteiger charge is 2.35. The van der Waals surface area contributed by atoms with Crippen LogP contribution in [-0.2, 0) is 14.3 Å². The van der Waals surface area contributed by atoms with E-state index in [1.54, 1.807) is 37.3 Å². The van der Waals surface area contributed by atoms with E-state index in [4.69, 9.17) is 23.7 Å². The van der Waals surface area contributed by atoms with Crippen LogP contribution >= 0.6 is 11.3 Å². The monoisotopic (exact) mass is 602 g/mol. The minimum atomic E-state index is -1.01. The number of carbonyl (C=O) groups excluding carboxylic acids is 1. The van der Waals surface area contributed by atoms with Crippen LogP contribution in [0.2, 0.25) is 0 Å². The van der Waals surface area contributed by atoms with Crippen LogP contribution in [0, 0.1) is 0 Å². The number of methoxy groups -OCH3 is 1. The fraction of sp³-hybridized carbons (Fsp3) is 0.250. The Morgan fingerprint density at radius 2 is 1.84 bits per heavy atom. The van der Waals surface area contributed by atoms with Crippen molar-refractivity contribution in [1.82, 2.24) is 4.57 Å². The van der Waals surface area contributed by atoms with E-state index >= 15 is 0 Å². The highest BCUT2D eigenvalue weighted by molar-refractivity contribution is 7.07. The third kappa shape index (κ3) is 6.23. The van der Waals surface area contributed by atoms with Crippen molar-refractivity contribution < 1.29 is 33.3 Å². The van der Waals surface area contributed by atoms with E-state index in [1.165, 1.54) is 35.1 Å². The summed E-state index contributed by atoms with van der Waals surface area (Å²) in [6.07, 6.45) is 1.48. The maximum Gasteiger partial charge on any atom is 0.338 e. The van der Waals surface area contributed by atoms with Crippen LogP contribution in [-0.4, -0.2) is 48.0 Å². The molecule has 1 N–H and O–H groups in total. The van der Waals surface area contributed by atoms with Gasteiger partial charge in [-0.1, -0.05) is 41.7 Å². The zero-order valence-corrected chi connectivity index (χ0v) is 24.8. The maximum atomic E-state index is 14.0. The largest absolute Gasteiger partial charge is 0.491 e. The molecule has 0 aliphatic carbocycles. The van der Waals surface area contributed by atoms with Gasteiger partial charge in [0, 0.05) is 24.3 Å². The third-order valence-corrected chi connectivity index (χ3v) is 7.64. The first-order valence-corrected chi connectivity index (χ1v) is 14.4. The van der Waals surface area contributed by atoms with Crippen LogP contribution in [0.4, 0.5) is 0 Å². The number of para-hydroxylation sites is 1. The molecule has 1 aliphatic heterocycles. The highest BCUT2D eigenvalue weighted by atomic mass is 32.1. The summed E-state index contributed by atoms with van der Waals surface area (Å²) in [6.45, 7) is 5.80. The summed E-state index contributed by atoms with van der Waals surface area (Å²) in [5.41, 5.74) is 1.81. The SMILES string of the molecule is COCCOC(=O)C1=C(C)N=c2s/c(=C/c3ccc(-c4ccc(C(=O)O)cc4)o3)c(=O)n2[C@H]1c1ccccc1OC(C)C. The summed E-state index contributed by atoms with van der Waals surface area (Å²) in [4.78, 5) is 43.6. The van der Waals surface area contributed by atoms with E-state index in [9.17, 15) is 14.4 Å². The molecule has 43 heavy (non-hydrogen) atoms. The molecule has 0 fully saturated rings. The van der Waals surface area contributed by atoms with Crippen molar-refractivity contribution in [3.05, 3.63) is 109 Å². The van der Waals surface area contributed by atoms with Crippen LogP contribution in [0.1, 0.15) is 48.5 Å². The first-order chi connectivity index (χ1) is 20.7. The number of hydrogen-bond donors (Lipinski definition) is 1. The van der Waals surface area contributed by atoms with Crippen molar-refractivity contribution in [2.75, 3.05) is 20.3 Å². The number of carboxylic acid groups (broad SMARTS) is 1. The Labute approximate surface area is 250 Å². The molecule has 0 amide bonds. The van der Waals surface area contributed by atoms with Gasteiger partial charge >= 0.3 is 11.9 Å². The second-order valence-corrected chi connectivity index (χ2v) is 11.0. The Bertz CT molecular complexity index is 1880. The molecule has 1 aliphatic rings. The van der Waals surface area contributed by atoms with Crippen molar-refractivity contribution in [2.45, 2.75) is 32.9 Å². The Kier molecular flexibility index (Phi) is 8.74. The second-order valence-electron chi connectivity index (χ2n) is 10.00. The van der Waals surface area contributed by atoms with Gasteiger partial charge in [0.2, 0.25) is 0 Å². The van der Waals surface area contributed by atoms with Gasteiger partial charge in [0.1, 0.15) is 29.9 Å². The quantitative estimate of drug-likeness (QED) is 0.212. The van der Waals surface area contributed by atoms with E-state index in [1.807, 2.05) is 38.1 Å². The first kappa shape index (κ1) is 29.7. The van der Waals surface area contributed by atoms with Crippen molar-refractivity contribution in [3.63, 3.8) is 0 Å². The van der Waals surface area contributed by atoms with Crippen LogP contribution in [0.3, 0.4) is 0 Å². The zero-order chi connectivity index (χ0) is 30.7. The fourth-order valence-corrected chi connectivity index (χ4v) is 5.76. The number of aromatic nitrogens is 1. The molecule has 3 heterocycles. The number of allylic oxidation sites excluding steroid dienone is 1. The van der Waals surface area contributed by atoms with Crippen LogP contribution in [0.5, 0.6) is 5.75 Å². The predicted octanol–water partition coefficient (Wildman–Crippen LogP) is 4.17. The number of fused-ring (bicyclic) bond motifs is 1. The number of ether oxygens (including phenoxy) is 3. The van der Waals surface area contributed by atoms with Gasteiger partial charge in [-0.3, -0.25) is 9.36 Å². The van der Waals surface area contributed by atoms with E-state index in [0.29, 0.717) is 43.4 Å². The van der Waals surface area contributed by atoms with Gasteiger partial charge in [0.15, 0.2) is 4.80 Å². The number of rotatable bonds is 10. The van der Waals surface area contributed by atoms with Crippen molar-refractivity contribution in [3.8, 4) is 17.1 Å². The average molecular weight is 603 g/mol. The molecular formula is C32H30N2O8S. The molecule has 11 heteroatoms. The lowest BCUT2D eigenvalue weighted by Gasteiger charge is -2.27. The molecular weight excluding hydrogens is 572 g/mol. The number of hydrogen-bond acceptors (Lipinski definition) is 9. The summed E-state index contributed by atoms with van der Waals surface area (Å²) < 4.78 is 24.5. The number of aromatic carboxylic acids is 1. The van der Waals surface area contributed by atoms with Crippen molar-refractivity contribution >= 4 is 29.4 Å². The summed E-state index contributed by atoms with van der Waals surface area (Å²) in [6, 6.07) is 16.2. The smallest absolute Gasteiger partial charge is 0.338 e. The summed E-state index contributed by atoms with van der Waals surface area (Å²) in [7, 11) is 1.52. The van der Waals surface area contributed by atoms with Crippen LogP contribution in [0.25, 0.3) is 17.4 Å². The molecule has 10 nitrogen and oxygen atoms in total. The average Bonchev–Trinajstić information content (AvgIpc) is 3.56. The summed E-state index contributed by atoms with van der Waals surface area (Å²) >= 11 is 1.18. The van der Waals surface area contributed by atoms with Gasteiger partial charge in [0.05, 0.1) is 34.1 Å². The van der Waals surface area contributed by atoms with E-state index < -0.39 is 18.0 Å². The molecule has 1 atom stereocenters. The molecule has 0 unspecified atom stereocenters. The van der Waals surface area contributed by atoms with Gasteiger partial charge in [-0.25, -0.2) is 14.6 Å². The molecule has 4 aromatic rings. The lowest BCUT2D eigenvalue weighted by atomic mass is 9.95. The van der Waals surface area contributed by atoms with Gasteiger partial charge in [0.25, 0.3) is 5.56 Å².